The van der Waals surface area contributed by atoms with Gasteiger partial charge in [-0.25, -0.2) is 0 Å². The van der Waals surface area contributed by atoms with Crippen molar-refractivity contribution in [3.05, 3.63) is 69.4 Å². The monoisotopic (exact) mass is 376 g/mol. The van der Waals surface area contributed by atoms with E-state index in [1.54, 1.807) is 11.3 Å². The average Bonchev–Trinajstić information content (AvgIpc) is 3.09. The molecule has 4 rings (SSSR count). The third-order valence-electron chi connectivity index (χ3n) is 3.54. The fourth-order valence-corrected chi connectivity index (χ4v) is 4.32. The lowest BCUT2D eigenvalue weighted by Gasteiger charge is -2.07. The average molecular weight is 378 g/mol. The Labute approximate surface area is 139 Å². The lowest BCUT2D eigenvalue weighted by atomic mass is 10.1. The summed E-state index contributed by atoms with van der Waals surface area (Å²) < 4.78 is 6.67. The zero-order valence-corrected chi connectivity index (χ0v) is 14.0. The first-order chi connectivity index (χ1) is 10.2. The van der Waals surface area contributed by atoms with E-state index in [4.69, 9.17) is 16.0 Å². The van der Waals surface area contributed by atoms with E-state index in [1.165, 1.54) is 10.4 Å². The molecule has 4 heteroatoms. The van der Waals surface area contributed by atoms with Gasteiger partial charge < -0.3 is 4.42 Å². The molecule has 0 aliphatic heterocycles. The highest BCUT2D eigenvalue weighted by Crippen LogP contribution is 2.39. The van der Waals surface area contributed by atoms with Crippen molar-refractivity contribution in [3.63, 3.8) is 0 Å². The number of benzene rings is 2. The fourth-order valence-electron chi connectivity index (χ4n) is 2.53. The van der Waals surface area contributed by atoms with E-state index in [2.05, 4.69) is 40.2 Å². The van der Waals surface area contributed by atoms with Crippen LogP contribution in [0.3, 0.4) is 0 Å². The molecule has 0 N–H and O–H groups in total. The second-order valence-electron chi connectivity index (χ2n) is 4.86. The van der Waals surface area contributed by atoms with Crippen molar-refractivity contribution in [1.82, 2.24) is 0 Å². The lowest BCUT2D eigenvalue weighted by molar-refractivity contribution is 0.669. The summed E-state index contributed by atoms with van der Waals surface area (Å²) in [6.07, 6.45) is 0. The Kier molecular flexibility index (Phi) is 3.29. The lowest BCUT2D eigenvalue weighted by Crippen LogP contribution is -1.88. The van der Waals surface area contributed by atoms with Gasteiger partial charge in [-0.15, -0.1) is 11.3 Å². The van der Waals surface area contributed by atoms with Crippen molar-refractivity contribution in [3.8, 4) is 0 Å². The van der Waals surface area contributed by atoms with Gasteiger partial charge in [0.25, 0.3) is 0 Å². The summed E-state index contributed by atoms with van der Waals surface area (Å²) in [5.74, 6) is 0. The Morgan fingerprint density at radius 3 is 2.57 bits per heavy atom. The van der Waals surface area contributed by atoms with Crippen LogP contribution >= 0.6 is 38.9 Å². The number of thiophene rings is 1. The molecule has 0 saturated carbocycles. The van der Waals surface area contributed by atoms with Gasteiger partial charge in [0.2, 0.25) is 0 Å². The van der Waals surface area contributed by atoms with Crippen molar-refractivity contribution in [2.24, 2.45) is 0 Å². The minimum atomic E-state index is 0.146. The van der Waals surface area contributed by atoms with Gasteiger partial charge in [0, 0.05) is 15.6 Å². The Bertz CT molecular complexity index is 940. The molecule has 1 atom stereocenters. The molecule has 0 radical (unpaired) electrons. The fraction of sp³-hybridized carbons (Fsp3) is 0.0588. The Morgan fingerprint density at radius 1 is 0.952 bits per heavy atom. The van der Waals surface area contributed by atoms with Crippen LogP contribution in [0, 0.1) is 0 Å². The number of halogens is 2. The maximum absolute atomic E-state index is 6.03. The van der Waals surface area contributed by atoms with E-state index in [9.17, 15) is 0 Å². The first-order valence-corrected chi connectivity index (χ1v) is 8.64. The van der Waals surface area contributed by atoms with Crippen LogP contribution < -0.4 is 0 Å². The number of hydrogen-bond acceptors (Lipinski definition) is 2. The highest BCUT2D eigenvalue weighted by Gasteiger charge is 2.15. The van der Waals surface area contributed by atoms with Crippen molar-refractivity contribution in [2.75, 3.05) is 0 Å². The highest BCUT2D eigenvalue weighted by molar-refractivity contribution is 9.09. The van der Waals surface area contributed by atoms with Crippen LogP contribution in [0.15, 0.2) is 59.0 Å². The molecule has 0 aliphatic carbocycles. The van der Waals surface area contributed by atoms with Crippen LogP contribution in [0.4, 0.5) is 0 Å². The van der Waals surface area contributed by atoms with E-state index in [-0.39, 0.29) is 4.83 Å². The van der Waals surface area contributed by atoms with Gasteiger partial charge in [0.15, 0.2) is 0 Å². The summed E-state index contributed by atoms with van der Waals surface area (Å²) in [4.78, 5) is 1.35. The van der Waals surface area contributed by atoms with Crippen LogP contribution in [0.2, 0.25) is 4.34 Å². The van der Waals surface area contributed by atoms with Crippen LogP contribution in [-0.4, -0.2) is 0 Å². The Morgan fingerprint density at radius 2 is 1.76 bits per heavy atom. The summed E-state index contributed by atoms with van der Waals surface area (Å²) in [6, 6.07) is 18.4. The maximum Gasteiger partial charge on any atom is 0.135 e. The molecule has 0 spiro atoms. The molecule has 104 valence electrons. The molecule has 4 aromatic rings. The Hall–Kier alpha value is -1.29. The minimum absolute atomic E-state index is 0.146. The van der Waals surface area contributed by atoms with E-state index in [0.717, 1.165) is 26.3 Å². The number of furan rings is 1. The van der Waals surface area contributed by atoms with Crippen LogP contribution in [0.1, 0.15) is 15.3 Å². The van der Waals surface area contributed by atoms with Crippen LogP contribution in [-0.2, 0) is 0 Å². The molecule has 1 nitrogen and oxygen atoms in total. The summed E-state index contributed by atoms with van der Waals surface area (Å²) in [6.45, 7) is 0. The molecule has 0 amide bonds. The number of rotatable bonds is 2. The van der Waals surface area contributed by atoms with Crippen molar-refractivity contribution in [1.29, 1.82) is 0 Å². The standard InChI is InChI=1S/C17H10BrClOS/c18-17(15-7-8-16(19)21-15)10-5-6-14-12(9-10)11-3-1-2-4-13(11)20-14/h1-9,17H. The summed E-state index contributed by atoms with van der Waals surface area (Å²) in [5, 5.41) is 2.30. The quantitative estimate of drug-likeness (QED) is 0.351. The van der Waals surface area contributed by atoms with E-state index in [1.807, 2.05) is 30.3 Å². The first kappa shape index (κ1) is 13.4. The SMILES string of the molecule is Clc1ccc(C(Br)c2ccc3oc4ccccc4c3c2)s1. The number of alkyl halides is 1. The van der Waals surface area contributed by atoms with Crippen molar-refractivity contribution >= 4 is 60.8 Å². The summed E-state index contributed by atoms with van der Waals surface area (Å²) in [7, 11) is 0. The van der Waals surface area contributed by atoms with Crippen molar-refractivity contribution < 1.29 is 4.42 Å². The van der Waals surface area contributed by atoms with Crippen molar-refractivity contribution in [2.45, 2.75) is 4.83 Å². The molecule has 1 unspecified atom stereocenters. The minimum Gasteiger partial charge on any atom is -0.456 e. The Balaban J connectivity index is 1.88. The van der Waals surface area contributed by atoms with Gasteiger partial charge in [0.05, 0.1) is 9.16 Å². The smallest absolute Gasteiger partial charge is 0.135 e. The van der Waals surface area contributed by atoms with Gasteiger partial charge in [-0.2, -0.15) is 0 Å². The normalized spacial score (nSPS) is 13.0. The number of hydrogen-bond donors (Lipinski definition) is 0. The maximum atomic E-state index is 6.03. The third kappa shape index (κ3) is 2.30. The molecule has 0 aliphatic rings. The van der Waals surface area contributed by atoms with Crippen LogP contribution in [0.5, 0.6) is 0 Å². The second-order valence-corrected chi connectivity index (χ2v) is 7.52. The zero-order valence-electron chi connectivity index (χ0n) is 10.8. The van der Waals surface area contributed by atoms with Gasteiger partial charge in [-0.3, -0.25) is 0 Å². The molecule has 0 saturated heterocycles. The molecule has 0 bridgehead atoms. The molecule has 0 fully saturated rings. The third-order valence-corrected chi connectivity index (χ3v) is 6.16. The molecular weight excluding hydrogens is 368 g/mol. The van der Waals surface area contributed by atoms with E-state index < -0.39 is 0 Å². The topological polar surface area (TPSA) is 13.1 Å². The largest absolute Gasteiger partial charge is 0.456 e. The van der Waals surface area contributed by atoms with Gasteiger partial charge in [0.1, 0.15) is 11.2 Å². The van der Waals surface area contributed by atoms with E-state index in [0.29, 0.717) is 0 Å². The predicted molar refractivity (Wildman–Crippen MR) is 93.8 cm³/mol. The first-order valence-electron chi connectivity index (χ1n) is 6.53. The molecule has 21 heavy (non-hydrogen) atoms. The molecular formula is C17H10BrClOS. The highest BCUT2D eigenvalue weighted by atomic mass is 79.9. The molecule has 2 aromatic carbocycles. The zero-order chi connectivity index (χ0) is 14.4. The molecule has 2 aromatic heterocycles. The van der Waals surface area contributed by atoms with Gasteiger partial charge in [-0.05, 0) is 35.9 Å². The number of fused-ring (bicyclic) bond motifs is 3. The predicted octanol–water partition coefficient (Wildman–Crippen LogP) is 6.79. The number of para-hydroxylation sites is 1. The summed E-state index contributed by atoms with van der Waals surface area (Å²) >= 11 is 11.4. The van der Waals surface area contributed by atoms with Gasteiger partial charge in [-0.1, -0.05) is 51.8 Å². The second kappa shape index (κ2) is 5.16. The van der Waals surface area contributed by atoms with Gasteiger partial charge >= 0.3 is 0 Å². The summed E-state index contributed by atoms with van der Waals surface area (Å²) in [5.41, 5.74) is 3.05. The van der Waals surface area contributed by atoms with Crippen LogP contribution in [0.25, 0.3) is 21.9 Å². The molecule has 2 heterocycles. The van der Waals surface area contributed by atoms with E-state index >= 15 is 0 Å².